The number of amides is 1. The number of hydrogen-bond donors (Lipinski definition) is 2. The Hall–Kier alpha value is -4.14. The highest BCUT2D eigenvalue weighted by molar-refractivity contribution is 5.93. The van der Waals surface area contributed by atoms with Crippen LogP contribution in [0.3, 0.4) is 0 Å². The van der Waals surface area contributed by atoms with E-state index >= 15 is 0 Å². The molecule has 1 saturated heterocycles. The highest BCUT2D eigenvalue weighted by atomic mass is 16.7. The molecule has 0 spiro atoms. The Bertz CT molecular complexity index is 1490. The number of carbonyl (C=O) groups excluding carboxylic acids is 1. The zero-order valence-electron chi connectivity index (χ0n) is 24.7. The maximum atomic E-state index is 12.6. The van der Waals surface area contributed by atoms with Crippen molar-refractivity contribution in [2.45, 2.75) is 38.6 Å². The van der Waals surface area contributed by atoms with E-state index in [9.17, 15) is 9.90 Å². The molecule has 2 heterocycles. The van der Waals surface area contributed by atoms with Crippen molar-refractivity contribution in [3.63, 3.8) is 0 Å². The molecule has 4 aromatic rings. The average molecular weight is 578 g/mol. The van der Waals surface area contributed by atoms with Crippen LogP contribution in [0.4, 0.5) is 0 Å². The first-order valence-corrected chi connectivity index (χ1v) is 14.6. The minimum Gasteiger partial charge on any atom is -0.392 e. The standard InChI is InChI=1S/C36H39N3O4/c1-4-20-39(3)23-33-25(2)34(28-13-11-26(24-40)12-14-28)43-36(42-33)29-17-15-27(16-18-29)32-10-6-5-8-30(32)22-38-35(41)31-9-7-19-37-21-31/h4-19,21,25,33-34,36,40H,1,20,22-24H2,2-3H3,(H,38,41). The lowest BCUT2D eigenvalue weighted by Crippen LogP contribution is -2.43. The van der Waals surface area contributed by atoms with Crippen LogP contribution in [0.2, 0.25) is 0 Å². The van der Waals surface area contributed by atoms with Crippen LogP contribution in [0, 0.1) is 5.92 Å². The normalized spacial score (nSPS) is 20.1. The number of ether oxygens (including phenoxy) is 2. The summed E-state index contributed by atoms with van der Waals surface area (Å²) in [6.45, 7) is 7.96. The van der Waals surface area contributed by atoms with Crippen molar-refractivity contribution in [3.8, 4) is 11.1 Å². The number of carbonyl (C=O) groups is 1. The molecular formula is C36H39N3O4. The third-order valence-corrected chi connectivity index (χ3v) is 7.93. The van der Waals surface area contributed by atoms with E-state index in [1.54, 1.807) is 24.5 Å². The van der Waals surface area contributed by atoms with Crippen LogP contribution in [0.1, 0.15) is 51.9 Å². The minimum absolute atomic E-state index is 0.00835. The van der Waals surface area contributed by atoms with Gasteiger partial charge in [-0.25, -0.2) is 0 Å². The molecule has 7 nitrogen and oxygen atoms in total. The SMILES string of the molecule is C=CCN(C)CC1OC(c2ccc(-c3ccccc3CNC(=O)c3cccnc3)cc2)OC(c2ccc(CO)cc2)C1C. The summed E-state index contributed by atoms with van der Waals surface area (Å²) in [4.78, 5) is 18.8. The van der Waals surface area contributed by atoms with Crippen LogP contribution in [-0.2, 0) is 22.6 Å². The summed E-state index contributed by atoms with van der Waals surface area (Å²) in [5.41, 5.74) is 6.50. The van der Waals surface area contributed by atoms with Crippen molar-refractivity contribution >= 4 is 5.91 Å². The molecule has 1 aromatic heterocycles. The van der Waals surface area contributed by atoms with Crippen molar-refractivity contribution < 1.29 is 19.4 Å². The molecule has 1 aliphatic heterocycles. The minimum atomic E-state index is -0.538. The average Bonchev–Trinajstić information content (AvgIpc) is 3.05. The fourth-order valence-electron chi connectivity index (χ4n) is 5.48. The number of nitrogens with zero attached hydrogens (tertiary/aromatic N) is 2. The van der Waals surface area contributed by atoms with Gasteiger partial charge in [0.1, 0.15) is 0 Å². The van der Waals surface area contributed by atoms with Crippen LogP contribution < -0.4 is 5.32 Å². The molecule has 0 radical (unpaired) electrons. The number of pyridine rings is 1. The number of nitrogens with one attached hydrogen (secondary N) is 1. The second-order valence-corrected chi connectivity index (χ2v) is 11.0. The third kappa shape index (κ3) is 7.45. The van der Waals surface area contributed by atoms with Gasteiger partial charge < -0.3 is 24.8 Å². The number of rotatable bonds is 11. The number of aliphatic hydroxyl groups is 1. The topological polar surface area (TPSA) is 83.9 Å². The summed E-state index contributed by atoms with van der Waals surface area (Å²) in [7, 11) is 2.07. The molecule has 1 amide bonds. The molecule has 1 aliphatic rings. The van der Waals surface area contributed by atoms with Gasteiger partial charge >= 0.3 is 0 Å². The first-order chi connectivity index (χ1) is 21.0. The van der Waals surface area contributed by atoms with E-state index < -0.39 is 6.29 Å². The maximum absolute atomic E-state index is 12.6. The zero-order chi connectivity index (χ0) is 30.2. The Kier molecular flexibility index (Phi) is 10.1. The van der Waals surface area contributed by atoms with E-state index in [0.717, 1.165) is 46.5 Å². The number of hydrogen-bond acceptors (Lipinski definition) is 6. The summed E-state index contributed by atoms with van der Waals surface area (Å²) in [6, 6.07) is 27.8. The van der Waals surface area contributed by atoms with Crippen LogP contribution in [-0.4, -0.2) is 47.1 Å². The van der Waals surface area contributed by atoms with Gasteiger partial charge in [-0.15, -0.1) is 6.58 Å². The Morgan fingerprint density at radius 2 is 1.74 bits per heavy atom. The first-order valence-electron chi connectivity index (χ1n) is 14.6. The first kappa shape index (κ1) is 30.3. The van der Waals surface area contributed by atoms with Crippen molar-refractivity contribution in [1.29, 1.82) is 0 Å². The fraction of sp³-hybridized carbons (Fsp3) is 0.278. The van der Waals surface area contributed by atoms with E-state index in [1.807, 2.05) is 48.5 Å². The quantitative estimate of drug-likeness (QED) is 0.210. The van der Waals surface area contributed by atoms with Gasteiger partial charge in [0.15, 0.2) is 6.29 Å². The molecule has 43 heavy (non-hydrogen) atoms. The molecule has 0 saturated carbocycles. The Morgan fingerprint density at radius 1 is 1.00 bits per heavy atom. The molecule has 3 aromatic carbocycles. The second-order valence-electron chi connectivity index (χ2n) is 11.0. The lowest BCUT2D eigenvalue weighted by atomic mass is 9.90. The van der Waals surface area contributed by atoms with Gasteiger partial charge in [-0.2, -0.15) is 0 Å². The Morgan fingerprint density at radius 3 is 2.44 bits per heavy atom. The number of aliphatic hydroxyl groups excluding tert-OH is 1. The van der Waals surface area contributed by atoms with Crippen LogP contribution in [0.15, 0.2) is 110 Å². The van der Waals surface area contributed by atoms with Crippen LogP contribution >= 0.6 is 0 Å². The Balaban J connectivity index is 1.35. The molecule has 7 heteroatoms. The van der Waals surface area contributed by atoms with E-state index in [0.29, 0.717) is 12.1 Å². The zero-order valence-corrected chi connectivity index (χ0v) is 24.7. The van der Waals surface area contributed by atoms with Crippen LogP contribution in [0.5, 0.6) is 0 Å². The summed E-state index contributed by atoms with van der Waals surface area (Å²) < 4.78 is 13.2. The summed E-state index contributed by atoms with van der Waals surface area (Å²) in [6.07, 6.45) is 4.34. The van der Waals surface area contributed by atoms with Gasteiger partial charge in [0.2, 0.25) is 0 Å². The molecule has 1 fully saturated rings. The van der Waals surface area contributed by atoms with Crippen molar-refractivity contribution in [1.82, 2.24) is 15.2 Å². The van der Waals surface area contributed by atoms with E-state index in [2.05, 4.69) is 66.1 Å². The monoisotopic (exact) mass is 577 g/mol. The molecule has 4 unspecified atom stereocenters. The third-order valence-electron chi connectivity index (χ3n) is 7.93. The molecule has 5 rings (SSSR count). The molecule has 4 atom stereocenters. The lowest BCUT2D eigenvalue weighted by Gasteiger charge is -2.42. The van der Waals surface area contributed by atoms with Crippen LogP contribution in [0.25, 0.3) is 11.1 Å². The van der Waals surface area contributed by atoms with Crippen molar-refractivity contribution in [3.05, 3.63) is 138 Å². The fourth-order valence-corrected chi connectivity index (χ4v) is 5.48. The van der Waals surface area contributed by atoms with E-state index in [1.165, 1.54) is 0 Å². The molecule has 222 valence electrons. The molecule has 0 bridgehead atoms. The van der Waals surface area contributed by atoms with Crippen molar-refractivity contribution in [2.24, 2.45) is 5.92 Å². The molecule has 2 N–H and O–H groups in total. The Labute approximate surface area is 253 Å². The lowest BCUT2D eigenvalue weighted by molar-refractivity contribution is -0.275. The van der Waals surface area contributed by atoms with Gasteiger partial charge in [0.05, 0.1) is 24.4 Å². The predicted molar refractivity (Wildman–Crippen MR) is 168 cm³/mol. The highest BCUT2D eigenvalue weighted by Crippen LogP contribution is 2.42. The number of aromatic nitrogens is 1. The summed E-state index contributed by atoms with van der Waals surface area (Å²) in [5, 5.41) is 12.5. The number of benzene rings is 3. The van der Waals surface area contributed by atoms with E-state index in [4.69, 9.17) is 9.47 Å². The van der Waals surface area contributed by atoms with E-state index in [-0.39, 0.29) is 30.6 Å². The largest absolute Gasteiger partial charge is 0.392 e. The number of likely N-dealkylation sites (N-methyl/N-ethyl adjacent to an activating group) is 1. The summed E-state index contributed by atoms with van der Waals surface area (Å²) >= 11 is 0. The second kappa shape index (κ2) is 14.4. The summed E-state index contributed by atoms with van der Waals surface area (Å²) in [5.74, 6) is -0.0514. The maximum Gasteiger partial charge on any atom is 0.253 e. The van der Waals surface area contributed by atoms with Gasteiger partial charge in [-0.3, -0.25) is 9.78 Å². The highest BCUT2D eigenvalue weighted by Gasteiger charge is 2.38. The smallest absolute Gasteiger partial charge is 0.253 e. The van der Waals surface area contributed by atoms with Gasteiger partial charge in [0.25, 0.3) is 5.91 Å². The van der Waals surface area contributed by atoms with Gasteiger partial charge in [-0.05, 0) is 47.0 Å². The predicted octanol–water partition coefficient (Wildman–Crippen LogP) is 6.08. The molecular weight excluding hydrogens is 538 g/mol. The van der Waals surface area contributed by atoms with Crippen molar-refractivity contribution in [2.75, 3.05) is 20.1 Å². The van der Waals surface area contributed by atoms with Gasteiger partial charge in [-0.1, -0.05) is 85.8 Å². The molecule has 0 aliphatic carbocycles. The van der Waals surface area contributed by atoms with Gasteiger partial charge in [0, 0.05) is 43.5 Å².